The van der Waals surface area contributed by atoms with Crippen LogP contribution >= 0.6 is 0 Å². The van der Waals surface area contributed by atoms with Gasteiger partial charge in [0.25, 0.3) is 0 Å². The first-order valence-electron chi connectivity index (χ1n) is 5.88. The van der Waals surface area contributed by atoms with Crippen LogP contribution in [0.15, 0.2) is 36.9 Å². The molecule has 17 heavy (non-hydrogen) atoms. The number of amides is 1. The van der Waals surface area contributed by atoms with Crippen molar-refractivity contribution in [2.24, 2.45) is 0 Å². The first-order valence-corrected chi connectivity index (χ1v) is 5.88. The van der Waals surface area contributed by atoms with Crippen LogP contribution in [0.25, 0.3) is 0 Å². The van der Waals surface area contributed by atoms with Gasteiger partial charge in [0.1, 0.15) is 0 Å². The van der Waals surface area contributed by atoms with Crippen LogP contribution in [0.1, 0.15) is 44.9 Å². The average Bonchev–Trinajstić information content (AvgIpc) is 2.27. The maximum Gasteiger partial charge on any atom is 0.243 e. The Kier molecular flexibility index (Phi) is 4.11. The zero-order valence-corrected chi connectivity index (χ0v) is 11.1. The van der Waals surface area contributed by atoms with Crippen LogP contribution < -0.4 is 5.32 Å². The summed E-state index contributed by atoms with van der Waals surface area (Å²) in [5, 5.41) is 2.85. The Bertz CT molecular complexity index is 398. The fourth-order valence-electron chi connectivity index (χ4n) is 1.63. The molecule has 2 heteroatoms. The Morgan fingerprint density at radius 1 is 1.29 bits per heavy atom. The summed E-state index contributed by atoms with van der Waals surface area (Å²) in [5.41, 5.74) is 2.56. The minimum absolute atomic E-state index is 0.00881. The standard InChI is InChI=1S/C15H21NO/c1-6-14(17)16-11(2)12-7-9-13(10-8-12)15(3,4)5/h6-11H,1H2,2-5H3,(H,16,17)/t11-/m1/s1. The quantitative estimate of drug-likeness (QED) is 0.794. The molecule has 0 saturated heterocycles. The Balaban J connectivity index is 2.80. The molecule has 0 aliphatic rings. The fraction of sp³-hybridized carbons (Fsp3) is 0.400. The summed E-state index contributed by atoms with van der Waals surface area (Å²) in [6, 6.07) is 8.37. The van der Waals surface area contributed by atoms with Crippen LogP contribution in [-0.4, -0.2) is 5.91 Å². The molecule has 92 valence electrons. The molecule has 0 unspecified atom stereocenters. The number of rotatable bonds is 3. The third-order valence-electron chi connectivity index (χ3n) is 2.82. The first kappa shape index (κ1) is 13.5. The second kappa shape index (κ2) is 5.17. The topological polar surface area (TPSA) is 29.1 Å². The fourth-order valence-corrected chi connectivity index (χ4v) is 1.63. The smallest absolute Gasteiger partial charge is 0.243 e. The van der Waals surface area contributed by atoms with Crippen LogP contribution in [0.5, 0.6) is 0 Å². The molecule has 0 aliphatic heterocycles. The van der Waals surface area contributed by atoms with Gasteiger partial charge in [0.15, 0.2) is 0 Å². The molecule has 1 aromatic carbocycles. The van der Waals surface area contributed by atoms with Crippen molar-refractivity contribution in [3.8, 4) is 0 Å². The van der Waals surface area contributed by atoms with Crippen molar-refractivity contribution in [1.29, 1.82) is 0 Å². The van der Waals surface area contributed by atoms with Crippen molar-refractivity contribution in [2.45, 2.75) is 39.2 Å². The van der Waals surface area contributed by atoms with Crippen molar-refractivity contribution in [1.82, 2.24) is 5.32 Å². The van der Waals surface area contributed by atoms with E-state index in [9.17, 15) is 4.79 Å². The largest absolute Gasteiger partial charge is 0.346 e. The van der Waals surface area contributed by atoms with E-state index in [-0.39, 0.29) is 17.4 Å². The van der Waals surface area contributed by atoms with Crippen LogP contribution in [0.2, 0.25) is 0 Å². The summed E-state index contributed by atoms with van der Waals surface area (Å²) in [4.78, 5) is 11.2. The van der Waals surface area contributed by atoms with Gasteiger partial charge >= 0.3 is 0 Å². The molecule has 0 radical (unpaired) electrons. The van der Waals surface area contributed by atoms with Crippen LogP contribution in [-0.2, 0) is 10.2 Å². The van der Waals surface area contributed by atoms with E-state index < -0.39 is 0 Å². The summed E-state index contributed by atoms with van der Waals surface area (Å²) < 4.78 is 0. The molecule has 0 fully saturated rings. The number of carbonyl (C=O) groups excluding carboxylic acids is 1. The van der Waals surface area contributed by atoms with E-state index in [1.807, 2.05) is 6.92 Å². The normalized spacial score (nSPS) is 12.9. The third kappa shape index (κ3) is 3.74. The minimum Gasteiger partial charge on any atom is -0.346 e. The lowest BCUT2D eigenvalue weighted by Gasteiger charge is -2.20. The first-order chi connectivity index (χ1) is 7.84. The van der Waals surface area contributed by atoms with Gasteiger partial charge in [0, 0.05) is 0 Å². The number of nitrogens with one attached hydrogen (secondary N) is 1. The second-order valence-electron chi connectivity index (χ2n) is 5.31. The van der Waals surface area contributed by atoms with E-state index in [4.69, 9.17) is 0 Å². The molecular weight excluding hydrogens is 210 g/mol. The summed E-state index contributed by atoms with van der Waals surface area (Å²) in [6.07, 6.45) is 1.29. The van der Waals surface area contributed by atoms with Crippen LogP contribution in [0.4, 0.5) is 0 Å². The van der Waals surface area contributed by atoms with E-state index in [0.717, 1.165) is 5.56 Å². The lowest BCUT2D eigenvalue weighted by Crippen LogP contribution is -2.24. The molecular formula is C15H21NO. The van der Waals surface area contributed by atoms with E-state index in [2.05, 4.69) is 56.9 Å². The number of hydrogen-bond acceptors (Lipinski definition) is 1. The molecule has 0 spiro atoms. The van der Waals surface area contributed by atoms with Crippen LogP contribution in [0.3, 0.4) is 0 Å². The van der Waals surface area contributed by atoms with E-state index in [1.54, 1.807) is 0 Å². The Morgan fingerprint density at radius 2 is 1.82 bits per heavy atom. The summed E-state index contributed by atoms with van der Waals surface area (Å²) >= 11 is 0. The zero-order valence-electron chi connectivity index (χ0n) is 11.1. The molecule has 0 heterocycles. The Morgan fingerprint density at radius 3 is 2.24 bits per heavy atom. The lowest BCUT2D eigenvalue weighted by molar-refractivity contribution is -0.117. The van der Waals surface area contributed by atoms with Gasteiger partial charge < -0.3 is 5.32 Å². The van der Waals surface area contributed by atoms with Crippen molar-refractivity contribution in [2.75, 3.05) is 0 Å². The lowest BCUT2D eigenvalue weighted by atomic mass is 9.86. The molecule has 0 aliphatic carbocycles. The van der Waals surface area contributed by atoms with Crippen molar-refractivity contribution in [3.63, 3.8) is 0 Å². The second-order valence-corrected chi connectivity index (χ2v) is 5.31. The highest BCUT2D eigenvalue weighted by Gasteiger charge is 2.14. The van der Waals surface area contributed by atoms with E-state index in [1.165, 1.54) is 11.6 Å². The Labute approximate surface area is 104 Å². The van der Waals surface area contributed by atoms with Gasteiger partial charge in [-0.3, -0.25) is 4.79 Å². The molecule has 0 bridgehead atoms. The van der Waals surface area contributed by atoms with Gasteiger partial charge in [-0.2, -0.15) is 0 Å². The molecule has 1 aromatic rings. The molecule has 1 atom stereocenters. The zero-order chi connectivity index (χ0) is 13.1. The highest BCUT2D eigenvalue weighted by atomic mass is 16.1. The number of benzene rings is 1. The molecule has 1 rings (SSSR count). The summed E-state index contributed by atoms with van der Waals surface area (Å²) in [7, 11) is 0. The SMILES string of the molecule is C=CC(=O)N[C@H](C)c1ccc(C(C)(C)C)cc1. The maximum atomic E-state index is 11.2. The van der Waals surface area contributed by atoms with Crippen molar-refractivity contribution < 1.29 is 4.79 Å². The minimum atomic E-state index is -0.141. The van der Waals surface area contributed by atoms with Crippen molar-refractivity contribution >= 4 is 5.91 Å². The van der Waals surface area contributed by atoms with Gasteiger partial charge in [-0.05, 0) is 29.5 Å². The Hall–Kier alpha value is -1.57. The predicted octanol–water partition coefficient (Wildman–Crippen LogP) is 3.35. The highest BCUT2D eigenvalue weighted by molar-refractivity contribution is 5.87. The summed E-state index contributed by atoms with van der Waals surface area (Å²) in [6.45, 7) is 12.0. The monoisotopic (exact) mass is 231 g/mol. The predicted molar refractivity (Wildman–Crippen MR) is 71.9 cm³/mol. The molecule has 1 amide bonds. The maximum absolute atomic E-state index is 11.2. The number of hydrogen-bond donors (Lipinski definition) is 1. The van der Waals surface area contributed by atoms with E-state index in [0.29, 0.717) is 0 Å². The highest BCUT2D eigenvalue weighted by Crippen LogP contribution is 2.23. The van der Waals surface area contributed by atoms with E-state index >= 15 is 0 Å². The molecule has 1 N–H and O–H groups in total. The van der Waals surface area contributed by atoms with Gasteiger partial charge in [-0.15, -0.1) is 0 Å². The average molecular weight is 231 g/mol. The number of carbonyl (C=O) groups is 1. The van der Waals surface area contributed by atoms with Crippen LogP contribution in [0, 0.1) is 0 Å². The van der Waals surface area contributed by atoms with Gasteiger partial charge in [-0.25, -0.2) is 0 Å². The van der Waals surface area contributed by atoms with Crippen molar-refractivity contribution in [3.05, 3.63) is 48.0 Å². The molecule has 0 saturated carbocycles. The van der Waals surface area contributed by atoms with Gasteiger partial charge in [0.2, 0.25) is 5.91 Å². The summed E-state index contributed by atoms with van der Waals surface area (Å²) in [5.74, 6) is -0.141. The van der Waals surface area contributed by atoms with Gasteiger partial charge in [-0.1, -0.05) is 51.6 Å². The van der Waals surface area contributed by atoms with Gasteiger partial charge in [0.05, 0.1) is 6.04 Å². The molecule has 2 nitrogen and oxygen atoms in total. The third-order valence-corrected chi connectivity index (χ3v) is 2.82. The molecule has 0 aromatic heterocycles.